The van der Waals surface area contributed by atoms with Gasteiger partial charge in [-0.15, -0.1) is 0 Å². The zero-order chi connectivity index (χ0) is 10.6. The van der Waals surface area contributed by atoms with E-state index in [1.54, 1.807) is 12.2 Å². The van der Waals surface area contributed by atoms with Gasteiger partial charge in [0.05, 0.1) is 0 Å². The number of anilines is 1. The molecule has 1 nitrogen and oxygen atoms in total. The molecule has 14 heavy (non-hydrogen) atoms. The highest BCUT2D eigenvalue weighted by molar-refractivity contribution is 5.81. The minimum atomic E-state index is 0.776. The maximum Gasteiger partial charge on any atom is 0.0396 e. The van der Waals surface area contributed by atoms with Gasteiger partial charge in [-0.3, -0.25) is 0 Å². The van der Waals surface area contributed by atoms with Gasteiger partial charge in [-0.1, -0.05) is 43.5 Å². The van der Waals surface area contributed by atoms with E-state index in [1.165, 1.54) is 0 Å². The Morgan fingerprint density at radius 3 is 2.57 bits per heavy atom. The van der Waals surface area contributed by atoms with Gasteiger partial charge in [0.1, 0.15) is 0 Å². The Morgan fingerprint density at radius 1 is 1.36 bits per heavy atom. The number of aryl methyl sites for hydroxylation is 1. The van der Waals surface area contributed by atoms with Crippen molar-refractivity contribution in [2.24, 2.45) is 0 Å². The van der Waals surface area contributed by atoms with Crippen LogP contribution in [0.4, 0.5) is 5.69 Å². The first-order valence-corrected chi connectivity index (χ1v) is 4.50. The van der Waals surface area contributed by atoms with Crippen LogP contribution in [0.2, 0.25) is 0 Å². The zero-order valence-corrected chi connectivity index (χ0v) is 8.46. The van der Waals surface area contributed by atoms with E-state index < -0.39 is 0 Å². The van der Waals surface area contributed by atoms with Gasteiger partial charge in [-0.2, -0.15) is 0 Å². The average Bonchev–Trinajstić information content (AvgIpc) is 2.15. The molecule has 1 rings (SSSR count). The normalized spacial score (nSPS) is 11.1. The number of nitrogens with two attached hydrogens (primary N) is 1. The van der Waals surface area contributed by atoms with Crippen LogP contribution in [0.15, 0.2) is 49.6 Å². The van der Waals surface area contributed by atoms with Crippen molar-refractivity contribution in [3.63, 3.8) is 0 Å². The first-order valence-electron chi connectivity index (χ1n) is 4.50. The number of hydrogen-bond acceptors (Lipinski definition) is 1. The third-order valence-electron chi connectivity index (χ3n) is 2.04. The van der Waals surface area contributed by atoms with Crippen LogP contribution >= 0.6 is 0 Å². The number of nitrogen functional groups attached to an aromatic ring is 1. The highest BCUT2D eigenvalue weighted by Gasteiger charge is 2.01. The highest BCUT2D eigenvalue weighted by Crippen LogP contribution is 2.23. The van der Waals surface area contributed by atoms with E-state index in [0.717, 1.165) is 22.4 Å². The fraction of sp³-hybridized carbons (Fsp3) is 0.0769. The minimum absolute atomic E-state index is 0.776. The SMILES string of the molecule is C=C/C=C(\C=C)c1ccc(C)cc1N. The Labute approximate surface area is 85.3 Å². The topological polar surface area (TPSA) is 26.0 Å². The van der Waals surface area contributed by atoms with Gasteiger partial charge in [0.2, 0.25) is 0 Å². The van der Waals surface area contributed by atoms with E-state index in [1.807, 2.05) is 31.2 Å². The Balaban J connectivity index is 3.24. The van der Waals surface area contributed by atoms with Gasteiger partial charge in [0.15, 0.2) is 0 Å². The molecule has 0 aromatic heterocycles. The van der Waals surface area contributed by atoms with Crippen LogP contribution in [0.3, 0.4) is 0 Å². The van der Waals surface area contributed by atoms with Gasteiger partial charge in [-0.25, -0.2) is 0 Å². The molecule has 0 spiro atoms. The molecule has 1 aromatic rings. The standard InChI is InChI=1S/C13H15N/c1-4-6-11(5-2)12-8-7-10(3)9-13(12)14/h4-9H,1-2,14H2,3H3/b11-6+. The third-order valence-corrected chi connectivity index (χ3v) is 2.04. The van der Waals surface area contributed by atoms with E-state index in [0.29, 0.717) is 0 Å². The van der Waals surface area contributed by atoms with Crippen LogP contribution in [-0.4, -0.2) is 0 Å². The molecule has 0 amide bonds. The molecule has 0 atom stereocenters. The molecule has 0 saturated heterocycles. The Hall–Kier alpha value is -1.76. The van der Waals surface area contributed by atoms with Gasteiger partial charge in [0.25, 0.3) is 0 Å². The van der Waals surface area contributed by atoms with Crippen LogP contribution in [0, 0.1) is 6.92 Å². The molecule has 0 bridgehead atoms. The maximum atomic E-state index is 5.91. The summed E-state index contributed by atoms with van der Waals surface area (Å²) in [5.41, 5.74) is 9.84. The summed E-state index contributed by atoms with van der Waals surface area (Å²) < 4.78 is 0. The second kappa shape index (κ2) is 4.47. The van der Waals surface area contributed by atoms with E-state index in [9.17, 15) is 0 Å². The summed E-state index contributed by atoms with van der Waals surface area (Å²) in [5, 5.41) is 0. The van der Waals surface area contributed by atoms with Crippen molar-refractivity contribution in [3.05, 3.63) is 60.7 Å². The Kier molecular flexibility index (Phi) is 3.29. The minimum Gasteiger partial charge on any atom is -0.398 e. The van der Waals surface area contributed by atoms with E-state index in [-0.39, 0.29) is 0 Å². The quantitative estimate of drug-likeness (QED) is 0.567. The van der Waals surface area contributed by atoms with Crippen molar-refractivity contribution < 1.29 is 0 Å². The molecule has 1 heteroatoms. The summed E-state index contributed by atoms with van der Waals surface area (Å²) in [7, 11) is 0. The molecule has 0 heterocycles. The van der Waals surface area contributed by atoms with Crippen molar-refractivity contribution in [1.82, 2.24) is 0 Å². The summed E-state index contributed by atoms with van der Waals surface area (Å²) in [6, 6.07) is 5.99. The third kappa shape index (κ3) is 2.13. The lowest BCUT2D eigenvalue weighted by molar-refractivity contribution is 1.45. The summed E-state index contributed by atoms with van der Waals surface area (Å²) >= 11 is 0. The summed E-state index contributed by atoms with van der Waals surface area (Å²) in [4.78, 5) is 0. The largest absolute Gasteiger partial charge is 0.398 e. The van der Waals surface area contributed by atoms with E-state index in [2.05, 4.69) is 13.2 Å². The van der Waals surface area contributed by atoms with Crippen molar-refractivity contribution in [2.45, 2.75) is 6.92 Å². The summed E-state index contributed by atoms with van der Waals surface area (Å²) in [6.07, 6.45) is 5.41. The van der Waals surface area contributed by atoms with Crippen molar-refractivity contribution >= 4 is 11.3 Å². The van der Waals surface area contributed by atoms with Crippen molar-refractivity contribution in [3.8, 4) is 0 Å². The molecule has 0 unspecified atom stereocenters. The van der Waals surface area contributed by atoms with Crippen molar-refractivity contribution in [1.29, 1.82) is 0 Å². The van der Waals surface area contributed by atoms with Crippen LogP contribution in [0.25, 0.3) is 5.57 Å². The lowest BCUT2D eigenvalue weighted by Gasteiger charge is -2.06. The lowest BCUT2D eigenvalue weighted by Crippen LogP contribution is -1.93. The van der Waals surface area contributed by atoms with Crippen LogP contribution < -0.4 is 5.73 Å². The molecule has 0 aliphatic rings. The molecule has 0 saturated carbocycles. The maximum absolute atomic E-state index is 5.91. The molecule has 0 fully saturated rings. The van der Waals surface area contributed by atoms with Crippen LogP contribution in [0.5, 0.6) is 0 Å². The Morgan fingerprint density at radius 2 is 2.07 bits per heavy atom. The highest BCUT2D eigenvalue weighted by atomic mass is 14.6. The Bertz CT molecular complexity index is 386. The fourth-order valence-corrected chi connectivity index (χ4v) is 1.34. The van der Waals surface area contributed by atoms with Gasteiger partial charge >= 0.3 is 0 Å². The van der Waals surface area contributed by atoms with Gasteiger partial charge in [-0.05, 0) is 24.1 Å². The number of benzene rings is 1. The molecule has 2 N–H and O–H groups in total. The molecule has 0 aliphatic carbocycles. The van der Waals surface area contributed by atoms with Gasteiger partial charge in [0, 0.05) is 11.3 Å². The second-order valence-corrected chi connectivity index (χ2v) is 3.15. The predicted molar refractivity (Wildman–Crippen MR) is 64.0 cm³/mol. The number of allylic oxidation sites excluding steroid dienone is 4. The lowest BCUT2D eigenvalue weighted by atomic mass is 10.0. The monoisotopic (exact) mass is 185 g/mol. The first-order chi connectivity index (χ1) is 6.69. The smallest absolute Gasteiger partial charge is 0.0396 e. The van der Waals surface area contributed by atoms with Crippen LogP contribution in [-0.2, 0) is 0 Å². The number of hydrogen-bond donors (Lipinski definition) is 1. The predicted octanol–water partition coefficient (Wildman–Crippen LogP) is 3.33. The molecular formula is C13H15N. The van der Waals surface area contributed by atoms with Crippen LogP contribution in [0.1, 0.15) is 11.1 Å². The summed E-state index contributed by atoms with van der Waals surface area (Å²) in [5.74, 6) is 0. The fourth-order valence-electron chi connectivity index (χ4n) is 1.34. The van der Waals surface area contributed by atoms with E-state index >= 15 is 0 Å². The second-order valence-electron chi connectivity index (χ2n) is 3.15. The summed E-state index contributed by atoms with van der Waals surface area (Å²) in [6.45, 7) is 9.42. The number of rotatable bonds is 3. The molecule has 0 aliphatic heterocycles. The molecule has 1 aromatic carbocycles. The molecule has 72 valence electrons. The molecular weight excluding hydrogens is 170 g/mol. The van der Waals surface area contributed by atoms with Crippen molar-refractivity contribution in [2.75, 3.05) is 5.73 Å². The van der Waals surface area contributed by atoms with E-state index in [4.69, 9.17) is 5.73 Å². The van der Waals surface area contributed by atoms with Gasteiger partial charge < -0.3 is 5.73 Å². The first kappa shape index (κ1) is 10.3. The molecule has 0 radical (unpaired) electrons. The average molecular weight is 185 g/mol. The zero-order valence-electron chi connectivity index (χ0n) is 8.46.